The third-order valence-electron chi connectivity index (χ3n) is 2.31. The Morgan fingerprint density at radius 3 is 2.79 bits per heavy atom. The molecule has 1 aromatic carbocycles. The number of benzene rings is 1. The van der Waals surface area contributed by atoms with Crippen molar-refractivity contribution in [2.24, 2.45) is 0 Å². The summed E-state index contributed by atoms with van der Waals surface area (Å²) in [5, 5.41) is 0.828. The highest BCUT2D eigenvalue weighted by molar-refractivity contribution is 6.30. The van der Waals surface area contributed by atoms with Gasteiger partial charge in [0.05, 0.1) is 0 Å². The van der Waals surface area contributed by atoms with E-state index in [1.54, 1.807) is 0 Å². The predicted octanol–water partition coefficient (Wildman–Crippen LogP) is 4.80. The van der Waals surface area contributed by atoms with Crippen LogP contribution in [-0.4, -0.2) is 0 Å². The van der Waals surface area contributed by atoms with Gasteiger partial charge in [-0.05, 0) is 36.5 Å². The second kappa shape index (κ2) is 5.87. The van der Waals surface area contributed by atoms with Gasteiger partial charge in [0.15, 0.2) is 0 Å². The molecule has 0 aliphatic heterocycles. The summed E-state index contributed by atoms with van der Waals surface area (Å²) >= 11 is 5.93. The second-order valence-electron chi connectivity index (χ2n) is 3.57. The van der Waals surface area contributed by atoms with Crippen LogP contribution in [0.2, 0.25) is 5.02 Å². The largest absolute Gasteiger partial charge is 0.0888 e. The standard InChI is InChI=1S/C13H17Cl/c1-3-4-5-7-11(2)12-8-6-9-13(14)10-12/h4-6,8-11H,3,7H2,1-2H3/b5-4-. The molecule has 0 nitrogen and oxygen atoms in total. The molecule has 0 radical (unpaired) electrons. The molecular weight excluding hydrogens is 192 g/mol. The SMILES string of the molecule is CC/C=C\CC(C)c1cccc(Cl)c1. The minimum Gasteiger partial charge on any atom is -0.0888 e. The molecule has 14 heavy (non-hydrogen) atoms. The van der Waals surface area contributed by atoms with E-state index in [-0.39, 0.29) is 0 Å². The maximum Gasteiger partial charge on any atom is 0.0408 e. The highest BCUT2D eigenvalue weighted by Crippen LogP contribution is 2.22. The van der Waals surface area contributed by atoms with E-state index in [1.165, 1.54) is 5.56 Å². The van der Waals surface area contributed by atoms with Gasteiger partial charge in [0.1, 0.15) is 0 Å². The maximum absolute atomic E-state index is 5.93. The van der Waals surface area contributed by atoms with Crippen LogP contribution in [0.5, 0.6) is 0 Å². The van der Waals surface area contributed by atoms with Crippen molar-refractivity contribution in [3.63, 3.8) is 0 Å². The molecule has 0 spiro atoms. The zero-order chi connectivity index (χ0) is 10.4. The van der Waals surface area contributed by atoms with Gasteiger partial charge in [-0.3, -0.25) is 0 Å². The summed E-state index contributed by atoms with van der Waals surface area (Å²) in [6, 6.07) is 8.11. The van der Waals surface area contributed by atoms with Crippen LogP contribution < -0.4 is 0 Å². The summed E-state index contributed by atoms with van der Waals surface area (Å²) in [5.41, 5.74) is 1.32. The lowest BCUT2D eigenvalue weighted by molar-refractivity contribution is 0.778. The molecule has 0 heterocycles. The first-order valence-corrected chi connectivity index (χ1v) is 5.52. The third-order valence-corrected chi connectivity index (χ3v) is 2.54. The molecule has 0 aliphatic rings. The van der Waals surface area contributed by atoms with Gasteiger partial charge in [-0.15, -0.1) is 0 Å². The fraction of sp³-hybridized carbons (Fsp3) is 0.385. The van der Waals surface area contributed by atoms with Gasteiger partial charge in [-0.2, -0.15) is 0 Å². The van der Waals surface area contributed by atoms with E-state index in [0.29, 0.717) is 5.92 Å². The van der Waals surface area contributed by atoms with Gasteiger partial charge in [0.25, 0.3) is 0 Å². The lowest BCUT2D eigenvalue weighted by atomic mass is 9.98. The highest BCUT2D eigenvalue weighted by atomic mass is 35.5. The van der Waals surface area contributed by atoms with Crippen molar-refractivity contribution in [3.05, 3.63) is 47.0 Å². The Hall–Kier alpha value is -0.750. The van der Waals surface area contributed by atoms with Gasteiger partial charge >= 0.3 is 0 Å². The van der Waals surface area contributed by atoms with E-state index in [4.69, 9.17) is 11.6 Å². The number of halogens is 1. The molecule has 0 aromatic heterocycles. The predicted molar refractivity (Wildman–Crippen MR) is 63.9 cm³/mol. The van der Waals surface area contributed by atoms with Crippen LogP contribution >= 0.6 is 11.6 Å². The number of hydrogen-bond acceptors (Lipinski definition) is 0. The molecule has 1 unspecified atom stereocenters. The maximum atomic E-state index is 5.93. The molecule has 1 heteroatoms. The van der Waals surface area contributed by atoms with Crippen molar-refractivity contribution >= 4 is 11.6 Å². The second-order valence-corrected chi connectivity index (χ2v) is 4.01. The fourth-order valence-electron chi connectivity index (χ4n) is 1.42. The summed E-state index contributed by atoms with van der Waals surface area (Å²) in [6.45, 7) is 4.38. The number of hydrogen-bond donors (Lipinski definition) is 0. The monoisotopic (exact) mass is 208 g/mol. The van der Waals surface area contributed by atoms with Gasteiger partial charge in [-0.1, -0.05) is 49.7 Å². The third kappa shape index (κ3) is 3.55. The molecule has 0 aliphatic carbocycles. The first kappa shape index (κ1) is 11.3. The smallest absolute Gasteiger partial charge is 0.0408 e. The molecule has 0 bridgehead atoms. The van der Waals surface area contributed by atoms with Crippen LogP contribution in [0.3, 0.4) is 0 Å². The average Bonchev–Trinajstić information content (AvgIpc) is 2.18. The Labute approximate surface area is 91.6 Å². The molecule has 1 rings (SSSR count). The van der Waals surface area contributed by atoms with Gasteiger partial charge in [-0.25, -0.2) is 0 Å². The van der Waals surface area contributed by atoms with Crippen LogP contribution in [-0.2, 0) is 0 Å². The fourth-order valence-corrected chi connectivity index (χ4v) is 1.61. The molecule has 0 amide bonds. The van der Waals surface area contributed by atoms with Crippen LogP contribution in [0.4, 0.5) is 0 Å². The summed E-state index contributed by atoms with van der Waals surface area (Å²) in [6.07, 6.45) is 6.66. The molecular formula is C13H17Cl. The molecule has 0 fully saturated rings. The van der Waals surface area contributed by atoms with Gasteiger partial charge in [0, 0.05) is 5.02 Å². The van der Waals surface area contributed by atoms with Crippen molar-refractivity contribution in [2.45, 2.75) is 32.6 Å². The zero-order valence-corrected chi connectivity index (χ0v) is 9.59. The summed E-state index contributed by atoms with van der Waals surface area (Å²) < 4.78 is 0. The quantitative estimate of drug-likeness (QED) is 0.624. The van der Waals surface area contributed by atoms with E-state index >= 15 is 0 Å². The molecule has 0 N–H and O–H groups in total. The van der Waals surface area contributed by atoms with Gasteiger partial charge in [0.2, 0.25) is 0 Å². The Bertz CT molecular complexity index is 302. The molecule has 1 atom stereocenters. The van der Waals surface area contributed by atoms with E-state index < -0.39 is 0 Å². The molecule has 76 valence electrons. The van der Waals surface area contributed by atoms with E-state index in [0.717, 1.165) is 17.9 Å². The molecule has 1 aromatic rings. The average molecular weight is 209 g/mol. The Kier molecular flexibility index (Phi) is 4.75. The number of rotatable bonds is 4. The van der Waals surface area contributed by atoms with E-state index in [9.17, 15) is 0 Å². The van der Waals surface area contributed by atoms with Crippen LogP contribution in [0, 0.1) is 0 Å². The Balaban J connectivity index is 2.60. The van der Waals surface area contributed by atoms with E-state index in [2.05, 4.69) is 32.1 Å². The lowest BCUT2D eigenvalue weighted by Crippen LogP contribution is -1.90. The minimum atomic E-state index is 0.552. The number of allylic oxidation sites excluding steroid dienone is 2. The summed E-state index contributed by atoms with van der Waals surface area (Å²) in [5.74, 6) is 0.552. The summed E-state index contributed by atoms with van der Waals surface area (Å²) in [7, 11) is 0. The van der Waals surface area contributed by atoms with Crippen LogP contribution in [0.15, 0.2) is 36.4 Å². The highest BCUT2D eigenvalue weighted by Gasteiger charge is 2.02. The minimum absolute atomic E-state index is 0.552. The van der Waals surface area contributed by atoms with Crippen LogP contribution in [0.1, 0.15) is 38.2 Å². The lowest BCUT2D eigenvalue weighted by Gasteiger charge is -2.09. The van der Waals surface area contributed by atoms with Crippen molar-refractivity contribution in [1.82, 2.24) is 0 Å². The molecule has 0 saturated carbocycles. The first-order chi connectivity index (χ1) is 6.74. The normalized spacial score (nSPS) is 13.4. The first-order valence-electron chi connectivity index (χ1n) is 5.14. The van der Waals surface area contributed by atoms with Crippen molar-refractivity contribution in [1.29, 1.82) is 0 Å². The van der Waals surface area contributed by atoms with Gasteiger partial charge < -0.3 is 0 Å². The topological polar surface area (TPSA) is 0 Å². The Morgan fingerprint density at radius 1 is 1.36 bits per heavy atom. The summed E-state index contributed by atoms with van der Waals surface area (Å²) in [4.78, 5) is 0. The van der Waals surface area contributed by atoms with Crippen molar-refractivity contribution in [3.8, 4) is 0 Å². The van der Waals surface area contributed by atoms with Crippen molar-refractivity contribution < 1.29 is 0 Å². The molecule has 0 saturated heterocycles. The zero-order valence-electron chi connectivity index (χ0n) is 8.83. The van der Waals surface area contributed by atoms with E-state index in [1.807, 2.05) is 18.2 Å². The Morgan fingerprint density at radius 2 is 2.14 bits per heavy atom. The van der Waals surface area contributed by atoms with Crippen LogP contribution in [0.25, 0.3) is 0 Å². The van der Waals surface area contributed by atoms with Crippen molar-refractivity contribution in [2.75, 3.05) is 0 Å².